The first-order valence-corrected chi connectivity index (χ1v) is 12.8. The summed E-state index contributed by atoms with van der Waals surface area (Å²) in [7, 11) is 4.34. The van der Waals surface area contributed by atoms with Crippen LogP contribution in [0.4, 0.5) is 10.5 Å². The van der Waals surface area contributed by atoms with Gasteiger partial charge in [-0.15, -0.1) is 0 Å². The number of anilines is 1. The van der Waals surface area contributed by atoms with Gasteiger partial charge in [0.25, 0.3) is 0 Å². The minimum absolute atomic E-state index is 0.0111. The smallest absolute Gasteiger partial charge is 0.321 e. The largest absolute Gasteiger partial charge is 0.323 e. The number of nitrogens with zero attached hydrogens (tertiary/aromatic N) is 5. The Morgan fingerprint density at radius 1 is 1.09 bits per heavy atom. The fraction of sp³-hybridized carbons (Fsp3) is 0.556. The van der Waals surface area contributed by atoms with Gasteiger partial charge in [-0.1, -0.05) is 36.8 Å². The van der Waals surface area contributed by atoms with E-state index in [9.17, 15) is 9.59 Å². The van der Waals surface area contributed by atoms with Crippen LogP contribution in [-0.4, -0.2) is 76.1 Å². The van der Waals surface area contributed by atoms with E-state index in [0.29, 0.717) is 18.2 Å². The van der Waals surface area contributed by atoms with Crippen LogP contribution in [0.1, 0.15) is 50.5 Å². The maximum atomic E-state index is 13.6. The monoisotopic (exact) mass is 476 g/mol. The molecule has 2 aromatic rings. The lowest BCUT2D eigenvalue weighted by molar-refractivity contribution is -0.116. The first kappa shape index (κ1) is 23.7. The third kappa shape index (κ3) is 4.51. The second-order valence-electron chi connectivity index (χ2n) is 10.7. The molecule has 35 heavy (non-hydrogen) atoms. The summed E-state index contributed by atoms with van der Waals surface area (Å²) in [5.74, 6) is 0.386. The normalized spacial score (nSPS) is 26.9. The Balaban J connectivity index is 1.34. The molecule has 0 bridgehead atoms. The van der Waals surface area contributed by atoms with Crippen LogP contribution in [0.15, 0.2) is 48.8 Å². The lowest BCUT2D eigenvalue weighted by atomic mass is 9.68. The highest BCUT2D eigenvalue weighted by Gasteiger charge is 2.55. The van der Waals surface area contributed by atoms with Crippen molar-refractivity contribution in [2.45, 2.75) is 56.0 Å². The molecule has 1 N–H and O–H groups in total. The molecule has 1 saturated heterocycles. The van der Waals surface area contributed by atoms with E-state index in [0.717, 1.165) is 32.2 Å². The third-order valence-electron chi connectivity index (χ3n) is 8.60. The summed E-state index contributed by atoms with van der Waals surface area (Å²) in [4.78, 5) is 32.7. The fourth-order valence-corrected chi connectivity index (χ4v) is 6.25. The lowest BCUT2D eigenvalue weighted by Gasteiger charge is -2.51. The van der Waals surface area contributed by atoms with Crippen LogP contribution in [0.25, 0.3) is 0 Å². The minimum atomic E-state index is -0.209. The molecule has 3 amide bonds. The van der Waals surface area contributed by atoms with Crippen molar-refractivity contribution in [3.63, 3.8) is 0 Å². The van der Waals surface area contributed by atoms with Crippen LogP contribution in [0.5, 0.6) is 0 Å². The molecule has 0 unspecified atom stereocenters. The van der Waals surface area contributed by atoms with E-state index >= 15 is 0 Å². The molecule has 0 atom stereocenters. The molecule has 8 nitrogen and oxygen atoms in total. The minimum Gasteiger partial charge on any atom is -0.323 e. The van der Waals surface area contributed by atoms with E-state index < -0.39 is 0 Å². The zero-order valence-electron chi connectivity index (χ0n) is 20.8. The second kappa shape index (κ2) is 9.57. The van der Waals surface area contributed by atoms with Crippen molar-refractivity contribution < 1.29 is 9.59 Å². The Hall–Kier alpha value is -3.00. The van der Waals surface area contributed by atoms with Crippen LogP contribution < -0.4 is 5.32 Å². The predicted octanol–water partition coefficient (Wildman–Crippen LogP) is 3.72. The van der Waals surface area contributed by atoms with Gasteiger partial charge in [0.05, 0.1) is 23.6 Å². The van der Waals surface area contributed by atoms with Gasteiger partial charge in [0, 0.05) is 18.6 Å². The van der Waals surface area contributed by atoms with Crippen molar-refractivity contribution in [1.82, 2.24) is 24.9 Å². The van der Waals surface area contributed by atoms with Gasteiger partial charge in [-0.2, -0.15) is 10.2 Å². The van der Waals surface area contributed by atoms with E-state index in [1.165, 1.54) is 37.2 Å². The average Bonchev–Trinajstić information content (AvgIpc) is 3.08. The van der Waals surface area contributed by atoms with Gasteiger partial charge >= 0.3 is 6.03 Å². The van der Waals surface area contributed by atoms with Crippen molar-refractivity contribution in [2.24, 2.45) is 5.92 Å². The summed E-state index contributed by atoms with van der Waals surface area (Å²) in [6, 6.07) is 12.5. The van der Waals surface area contributed by atoms with Gasteiger partial charge in [-0.3, -0.25) is 9.69 Å². The molecule has 3 fully saturated rings. The highest BCUT2D eigenvalue weighted by Crippen LogP contribution is 2.49. The SMILES string of the molecule is CN(C)C1(c2ccccc2)CCC2(CC1)CN(CC(=O)Nc1ccnnc1)C(=O)N2CC1CCC1. The second-order valence-corrected chi connectivity index (χ2v) is 10.7. The number of amides is 3. The predicted molar refractivity (Wildman–Crippen MR) is 135 cm³/mol. The van der Waals surface area contributed by atoms with Crippen molar-refractivity contribution in [3.8, 4) is 0 Å². The van der Waals surface area contributed by atoms with E-state index in [1.807, 2.05) is 0 Å². The third-order valence-corrected chi connectivity index (χ3v) is 8.60. The number of carbonyl (C=O) groups is 2. The van der Waals surface area contributed by atoms with Gasteiger partial charge in [0.15, 0.2) is 0 Å². The standard InChI is InChI=1S/C27H36N6O2/c1-31(2)27(22-9-4-3-5-10-22)14-12-26(13-15-27)20-32(25(35)33(26)18-21-7-6-8-21)19-24(34)30-23-11-16-28-29-17-23/h3-5,9-11,16-17,21H,6-8,12-15,18-20H2,1-2H3,(H,28,30,34). The number of benzene rings is 1. The van der Waals surface area contributed by atoms with Crippen molar-refractivity contribution in [1.29, 1.82) is 0 Å². The van der Waals surface area contributed by atoms with Crippen molar-refractivity contribution in [2.75, 3.05) is 39.0 Å². The Labute approximate surface area is 207 Å². The number of urea groups is 1. The fourth-order valence-electron chi connectivity index (χ4n) is 6.25. The van der Waals surface area contributed by atoms with E-state index in [-0.39, 0.29) is 29.6 Å². The molecule has 1 aliphatic heterocycles. The quantitative estimate of drug-likeness (QED) is 0.659. The Kier molecular flexibility index (Phi) is 6.49. The summed E-state index contributed by atoms with van der Waals surface area (Å²) in [6.07, 6.45) is 10.5. The number of nitrogens with one attached hydrogen (secondary N) is 1. The van der Waals surface area contributed by atoms with E-state index in [4.69, 9.17) is 0 Å². The average molecular weight is 477 g/mol. The summed E-state index contributed by atoms with van der Waals surface area (Å²) < 4.78 is 0. The molecule has 2 heterocycles. The molecule has 3 aliphatic rings. The van der Waals surface area contributed by atoms with E-state index in [2.05, 4.69) is 69.7 Å². The van der Waals surface area contributed by atoms with Gasteiger partial charge in [0.2, 0.25) is 5.91 Å². The van der Waals surface area contributed by atoms with Gasteiger partial charge < -0.3 is 15.1 Å². The van der Waals surface area contributed by atoms with Crippen LogP contribution in [0.3, 0.4) is 0 Å². The molecule has 5 rings (SSSR count). The number of hydrogen-bond donors (Lipinski definition) is 1. The van der Waals surface area contributed by atoms with Crippen molar-refractivity contribution >= 4 is 17.6 Å². The molecule has 0 radical (unpaired) electrons. The number of aromatic nitrogens is 2. The maximum absolute atomic E-state index is 13.6. The van der Waals surface area contributed by atoms with Gasteiger partial charge in [-0.05, 0) is 70.2 Å². The summed E-state index contributed by atoms with van der Waals surface area (Å²) in [5, 5.41) is 10.4. The van der Waals surface area contributed by atoms with Crippen molar-refractivity contribution in [3.05, 3.63) is 54.4 Å². The molecule has 186 valence electrons. The Bertz CT molecular complexity index is 1030. The maximum Gasteiger partial charge on any atom is 0.321 e. The van der Waals surface area contributed by atoms with Crippen LogP contribution >= 0.6 is 0 Å². The number of rotatable bonds is 7. The Morgan fingerprint density at radius 3 is 2.43 bits per heavy atom. The van der Waals surface area contributed by atoms with Crippen LogP contribution in [-0.2, 0) is 10.3 Å². The zero-order chi connectivity index (χ0) is 24.5. The molecule has 8 heteroatoms. The summed E-state index contributed by atoms with van der Waals surface area (Å²) >= 11 is 0. The molecule has 1 spiro atoms. The molecular weight excluding hydrogens is 440 g/mol. The Morgan fingerprint density at radius 2 is 1.83 bits per heavy atom. The van der Waals surface area contributed by atoms with E-state index in [1.54, 1.807) is 11.0 Å². The molecule has 2 saturated carbocycles. The molecule has 2 aliphatic carbocycles. The first-order chi connectivity index (χ1) is 16.9. The van der Waals surface area contributed by atoms with Crippen LogP contribution in [0, 0.1) is 5.92 Å². The van der Waals surface area contributed by atoms with Gasteiger partial charge in [0.1, 0.15) is 6.54 Å². The summed E-state index contributed by atoms with van der Waals surface area (Å²) in [5.41, 5.74) is 1.70. The molecule has 1 aromatic carbocycles. The highest BCUT2D eigenvalue weighted by atomic mass is 16.2. The number of hydrogen-bond acceptors (Lipinski definition) is 5. The van der Waals surface area contributed by atoms with Gasteiger partial charge in [-0.25, -0.2) is 4.79 Å². The zero-order valence-corrected chi connectivity index (χ0v) is 20.8. The molecule has 1 aromatic heterocycles. The van der Waals surface area contributed by atoms with Crippen LogP contribution in [0.2, 0.25) is 0 Å². The summed E-state index contributed by atoms with van der Waals surface area (Å²) in [6.45, 7) is 1.48. The lowest BCUT2D eigenvalue weighted by Crippen LogP contribution is -2.56. The topological polar surface area (TPSA) is 81.7 Å². The molecular formula is C27H36N6O2. The highest BCUT2D eigenvalue weighted by molar-refractivity contribution is 5.94. The number of carbonyl (C=O) groups excluding carboxylic acids is 2. The first-order valence-electron chi connectivity index (χ1n) is 12.8.